The maximum absolute atomic E-state index is 11.3. The SMILES string of the molecule is N#CC1=C(n2cccc2)Oc2c(ccc3cccnc23)C1c1cccc([N+](=O)[O-])c1. The summed E-state index contributed by atoms with van der Waals surface area (Å²) in [7, 11) is 0. The minimum absolute atomic E-state index is 0.0285. The van der Waals surface area contributed by atoms with Gasteiger partial charge in [-0.1, -0.05) is 30.3 Å². The molecule has 144 valence electrons. The molecule has 0 amide bonds. The van der Waals surface area contributed by atoms with Gasteiger partial charge in [-0.3, -0.25) is 19.7 Å². The topological polar surface area (TPSA) is 94.0 Å². The zero-order valence-corrected chi connectivity index (χ0v) is 15.6. The van der Waals surface area contributed by atoms with E-state index in [0.29, 0.717) is 28.3 Å². The van der Waals surface area contributed by atoms with Crippen LogP contribution in [-0.2, 0) is 0 Å². The van der Waals surface area contributed by atoms with Crippen molar-refractivity contribution in [3.63, 3.8) is 0 Å². The molecule has 0 N–H and O–H groups in total. The molecule has 3 heterocycles. The highest BCUT2D eigenvalue weighted by molar-refractivity contribution is 5.88. The van der Waals surface area contributed by atoms with Crippen LogP contribution in [-0.4, -0.2) is 14.5 Å². The van der Waals surface area contributed by atoms with E-state index in [1.165, 1.54) is 12.1 Å². The molecule has 2 aromatic carbocycles. The smallest absolute Gasteiger partial charge is 0.269 e. The normalized spacial score (nSPS) is 15.4. The lowest BCUT2D eigenvalue weighted by atomic mass is 9.83. The van der Waals surface area contributed by atoms with Crippen LogP contribution in [0.4, 0.5) is 5.69 Å². The summed E-state index contributed by atoms with van der Waals surface area (Å²) in [6.07, 6.45) is 5.27. The standard InChI is InChI=1S/C23H14N4O3/c24-14-19-20(16-5-3-7-17(13-16)27(28)29)18-9-8-15-6-4-10-25-21(15)22(18)30-23(19)26-11-1-2-12-26/h1-13,20H. The van der Waals surface area contributed by atoms with Crippen LogP contribution in [0.3, 0.4) is 0 Å². The summed E-state index contributed by atoms with van der Waals surface area (Å²) in [5, 5.41) is 22.3. The summed E-state index contributed by atoms with van der Waals surface area (Å²) in [5.41, 5.74) is 2.40. The van der Waals surface area contributed by atoms with Crippen LogP contribution in [0.15, 0.2) is 84.8 Å². The third-order valence-corrected chi connectivity index (χ3v) is 5.16. The number of benzene rings is 2. The third kappa shape index (κ3) is 2.71. The van der Waals surface area contributed by atoms with Crippen molar-refractivity contribution in [2.45, 2.75) is 5.92 Å². The van der Waals surface area contributed by atoms with E-state index in [4.69, 9.17) is 4.74 Å². The molecule has 1 aliphatic rings. The van der Waals surface area contributed by atoms with Gasteiger partial charge in [0.05, 0.1) is 10.8 Å². The van der Waals surface area contributed by atoms with Crippen molar-refractivity contribution in [2.24, 2.45) is 0 Å². The van der Waals surface area contributed by atoms with Crippen molar-refractivity contribution in [3.05, 3.63) is 106 Å². The first kappa shape index (κ1) is 17.6. The molecule has 0 radical (unpaired) electrons. The minimum atomic E-state index is -0.526. The molecular weight excluding hydrogens is 380 g/mol. The van der Waals surface area contributed by atoms with Gasteiger partial charge in [-0.2, -0.15) is 5.26 Å². The molecule has 0 saturated carbocycles. The zero-order chi connectivity index (χ0) is 20.7. The molecule has 0 fully saturated rings. The maximum Gasteiger partial charge on any atom is 0.269 e. The Labute approximate surface area is 171 Å². The van der Waals surface area contributed by atoms with Crippen LogP contribution >= 0.6 is 0 Å². The van der Waals surface area contributed by atoms with Gasteiger partial charge in [0, 0.05) is 41.7 Å². The van der Waals surface area contributed by atoms with Crippen LogP contribution in [0.25, 0.3) is 16.8 Å². The molecule has 7 nitrogen and oxygen atoms in total. The van der Waals surface area contributed by atoms with Gasteiger partial charge in [-0.15, -0.1) is 0 Å². The second-order valence-electron chi connectivity index (χ2n) is 6.87. The minimum Gasteiger partial charge on any atom is -0.437 e. The molecule has 5 rings (SSSR count). The number of hydrogen-bond acceptors (Lipinski definition) is 5. The second-order valence-corrected chi connectivity index (χ2v) is 6.87. The van der Waals surface area contributed by atoms with Gasteiger partial charge in [-0.05, 0) is 23.8 Å². The number of non-ortho nitro benzene ring substituents is 1. The van der Waals surface area contributed by atoms with Crippen LogP contribution in [0, 0.1) is 21.4 Å². The van der Waals surface area contributed by atoms with Crippen molar-refractivity contribution in [1.29, 1.82) is 5.26 Å². The fourth-order valence-electron chi connectivity index (χ4n) is 3.84. The van der Waals surface area contributed by atoms with Gasteiger partial charge in [0.25, 0.3) is 5.69 Å². The number of fused-ring (bicyclic) bond motifs is 3. The summed E-state index contributed by atoms with van der Waals surface area (Å²) in [6.45, 7) is 0. The number of nitro groups is 1. The Bertz CT molecular complexity index is 1370. The molecule has 0 spiro atoms. The lowest BCUT2D eigenvalue weighted by Crippen LogP contribution is -2.19. The van der Waals surface area contributed by atoms with Crippen LogP contribution in [0.2, 0.25) is 0 Å². The van der Waals surface area contributed by atoms with Crippen molar-refractivity contribution < 1.29 is 9.66 Å². The number of nitrogens with zero attached hydrogens (tertiary/aromatic N) is 4. The number of rotatable bonds is 3. The summed E-state index contributed by atoms with van der Waals surface area (Å²) in [5.74, 6) is 0.388. The summed E-state index contributed by atoms with van der Waals surface area (Å²) < 4.78 is 7.98. The van der Waals surface area contributed by atoms with E-state index in [9.17, 15) is 15.4 Å². The second kappa shape index (κ2) is 6.87. The molecule has 30 heavy (non-hydrogen) atoms. The Morgan fingerprint density at radius 2 is 1.93 bits per heavy atom. The Morgan fingerprint density at radius 1 is 1.10 bits per heavy atom. The molecule has 1 unspecified atom stereocenters. The number of nitro benzene ring substituents is 1. The van der Waals surface area contributed by atoms with Crippen LogP contribution in [0.1, 0.15) is 17.0 Å². The lowest BCUT2D eigenvalue weighted by molar-refractivity contribution is -0.384. The summed E-state index contributed by atoms with van der Waals surface area (Å²) in [6, 6.07) is 19.9. The maximum atomic E-state index is 11.3. The lowest BCUT2D eigenvalue weighted by Gasteiger charge is -2.28. The number of aromatic nitrogens is 2. The predicted octanol–water partition coefficient (Wildman–Crippen LogP) is 4.86. The molecule has 2 aromatic heterocycles. The fraction of sp³-hybridized carbons (Fsp3) is 0.0435. The number of hydrogen-bond donors (Lipinski definition) is 0. The van der Waals surface area contributed by atoms with Crippen LogP contribution in [0.5, 0.6) is 5.75 Å². The zero-order valence-electron chi connectivity index (χ0n) is 15.6. The number of nitriles is 1. The van der Waals surface area contributed by atoms with E-state index in [0.717, 1.165) is 10.9 Å². The molecule has 7 heteroatoms. The first-order valence-corrected chi connectivity index (χ1v) is 9.25. The summed E-state index contributed by atoms with van der Waals surface area (Å²) in [4.78, 5) is 15.4. The number of allylic oxidation sites excluding steroid dienone is 1. The van der Waals surface area contributed by atoms with Gasteiger partial charge in [0.1, 0.15) is 17.2 Å². The molecule has 1 aliphatic heterocycles. The van der Waals surface area contributed by atoms with E-state index < -0.39 is 10.8 Å². The largest absolute Gasteiger partial charge is 0.437 e. The highest BCUT2D eigenvalue weighted by atomic mass is 16.6. The first-order chi connectivity index (χ1) is 14.7. The Balaban J connectivity index is 1.83. The average molecular weight is 394 g/mol. The van der Waals surface area contributed by atoms with Crippen molar-refractivity contribution >= 4 is 22.5 Å². The molecule has 0 saturated heterocycles. The molecule has 4 aromatic rings. The Hall–Kier alpha value is -4.44. The van der Waals surface area contributed by atoms with Gasteiger partial charge >= 0.3 is 0 Å². The van der Waals surface area contributed by atoms with Gasteiger partial charge in [-0.25, -0.2) is 0 Å². The third-order valence-electron chi connectivity index (χ3n) is 5.16. The predicted molar refractivity (Wildman–Crippen MR) is 111 cm³/mol. The number of pyridine rings is 1. The van der Waals surface area contributed by atoms with Gasteiger partial charge < -0.3 is 4.74 Å². The summed E-state index contributed by atoms with van der Waals surface area (Å²) >= 11 is 0. The fourth-order valence-corrected chi connectivity index (χ4v) is 3.84. The van der Waals surface area contributed by atoms with E-state index in [2.05, 4.69) is 11.1 Å². The Kier molecular flexibility index (Phi) is 4.04. The van der Waals surface area contributed by atoms with Crippen molar-refractivity contribution in [3.8, 4) is 11.8 Å². The molecule has 1 atom stereocenters. The first-order valence-electron chi connectivity index (χ1n) is 9.25. The quantitative estimate of drug-likeness (QED) is 0.365. The van der Waals surface area contributed by atoms with Crippen molar-refractivity contribution in [2.75, 3.05) is 0 Å². The molecule has 0 bridgehead atoms. The monoisotopic (exact) mass is 394 g/mol. The highest BCUT2D eigenvalue weighted by Crippen LogP contribution is 2.47. The van der Waals surface area contributed by atoms with E-state index in [-0.39, 0.29) is 5.69 Å². The van der Waals surface area contributed by atoms with E-state index in [1.807, 2.05) is 36.4 Å². The molecular formula is C23H14N4O3. The van der Waals surface area contributed by atoms with E-state index in [1.54, 1.807) is 35.3 Å². The highest BCUT2D eigenvalue weighted by Gasteiger charge is 2.34. The van der Waals surface area contributed by atoms with Crippen LogP contribution < -0.4 is 4.74 Å². The molecule has 0 aliphatic carbocycles. The van der Waals surface area contributed by atoms with Crippen molar-refractivity contribution in [1.82, 2.24) is 9.55 Å². The van der Waals surface area contributed by atoms with Gasteiger partial charge in [0.2, 0.25) is 5.88 Å². The Morgan fingerprint density at radius 3 is 2.70 bits per heavy atom. The number of ether oxygens (including phenoxy) is 1. The van der Waals surface area contributed by atoms with E-state index >= 15 is 0 Å². The van der Waals surface area contributed by atoms with Gasteiger partial charge in [0.15, 0.2) is 5.75 Å². The average Bonchev–Trinajstić information content (AvgIpc) is 3.32.